The number of fused-ring (bicyclic) bond motifs is 1. The van der Waals surface area contributed by atoms with Gasteiger partial charge in [-0.25, -0.2) is 18.4 Å². The molecular formula is C17H23N3O3S2. The van der Waals surface area contributed by atoms with Crippen molar-refractivity contribution in [2.24, 2.45) is 0 Å². The first-order chi connectivity index (χ1) is 11.5. The van der Waals surface area contributed by atoms with Gasteiger partial charge in [-0.3, -0.25) is 4.79 Å². The number of hydrogen-bond acceptors (Lipinski definition) is 6. The van der Waals surface area contributed by atoms with Gasteiger partial charge in [-0.2, -0.15) is 0 Å². The van der Waals surface area contributed by atoms with Crippen molar-refractivity contribution in [1.29, 1.82) is 0 Å². The Bertz CT molecular complexity index is 956. The highest BCUT2D eigenvalue weighted by molar-refractivity contribution is 7.91. The molecule has 0 spiro atoms. The van der Waals surface area contributed by atoms with Crippen LogP contribution in [0.1, 0.15) is 53.9 Å². The number of carbonyl (C=O) groups excluding carboxylic acids is 1. The van der Waals surface area contributed by atoms with E-state index in [0.717, 1.165) is 27.3 Å². The van der Waals surface area contributed by atoms with Crippen LogP contribution >= 0.6 is 11.3 Å². The molecule has 1 amide bonds. The van der Waals surface area contributed by atoms with E-state index >= 15 is 0 Å². The lowest BCUT2D eigenvalue weighted by atomic mass is 9.95. The van der Waals surface area contributed by atoms with Crippen molar-refractivity contribution in [3.05, 3.63) is 22.0 Å². The van der Waals surface area contributed by atoms with Gasteiger partial charge in [0.05, 0.1) is 22.1 Å². The van der Waals surface area contributed by atoms with Crippen molar-refractivity contribution in [1.82, 2.24) is 15.3 Å². The molecule has 2 aromatic heterocycles. The summed E-state index contributed by atoms with van der Waals surface area (Å²) >= 11 is 1.35. The molecule has 0 bridgehead atoms. The average Bonchev–Trinajstić information content (AvgIpc) is 2.98. The van der Waals surface area contributed by atoms with Crippen molar-refractivity contribution >= 4 is 37.3 Å². The Morgan fingerprint density at radius 1 is 1.24 bits per heavy atom. The van der Waals surface area contributed by atoms with Crippen molar-refractivity contribution in [3.63, 3.8) is 0 Å². The summed E-state index contributed by atoms with van der Waals surface area (Å²) in [4.78, 5) is 23.3. The Morgan fingerprint density at radius 2 is 1.92 bits per heavy atom. The number of hydrogen-bond donors (Lipinski definition) is 1. The molecule has 0 saturated carbocycles. The quantitative estimate of drug-likeness (QED) is 0.863. The maximum Gasteiger partial charge on any atom is 0.261 e. The molecule has 136 valence electrons. The number of nitrogens with zero attached hydrogens (tertiary/aromatic N) is 2. The normalized spacial score (nSPS) is 20.1. The summed E-state index contributed by atoms with van der Waals surface area (Å²) in [6.45, 7) is 10.0. The molecule has 1 aliphatic heterocycles. The molecule has 1 fully saturated rings. The topological polar surface area (TPSA) is 89.0 Å². The van der Waals surface area contributed by atoms with Crippen LogP contribution in [0.25, 0.3) is 10.2 Å². The molecule has 8 heteroatoms. The average molecular weight is 382 g/mol. The van der Waals surface area contributed by atoms with E-state index in [1.54, 1.807) is 0 Å². The summed E-state index contributed by atoms with van der Waals surface area (Å²) in [5.74, 6) is 0.699. The molecule has 0 aromatic carbocycles. The van der Waals surface area contributed by atoms with Gasteiger partial charge >= 0.3 is 0 Å². The predicted octanol–water partition coefficient (Wildman–Crippen LogP) is 2.52. The van der Waals surface area contributed by atoms with Gasteiger partial charge in [0.15, 0.2) is 9.84 Å². The van der Waals surface area contributed by atoms with Gasteiger partial charge in [0.2, 0.25) is 0 Å². The van der Waals surface area contributed by atoms with Gasteiger partial charge in [0, 0.05) is 16.8 Å². The third kappa shape index (κ3) is 3.55. The fourth-order valence-corrected chi connectivity index (χ4v) is 5.86. The van der Waals surface area contributed by atoms with E-state index < -0.39 is 9.84 Å². The molecule has 2 aromatic rings. The minimum absolute atomic E-state index is 0.0235. The van der Waals surface area contributed by atoms with Crippen LogP contribution < -0.4 is 5.32 Å². The maximum atomic E-state index is 12.7. The molecule has 1 aliphatic rings. The second-order valence-corrected chi connectivity index (χ2v) is 10.9. The number of rotatable bonds is 2. The highest BCUT2D eigenvalue weighted by atomic mass is 32.2. The fourth-order valence-electron chi connectivity index (χ4n) is 3.05. The molecule has 1 unspecified atom stereocenters. The Hall–Kier alpha value is -1.54. The summed E-state index contributed by atoms with van der Waals surface area (Å²) in [6.07, 6.45) is 0.477. The van der Waals surface area contributed by atoms with E-state index in [0.29, 0.717) is 11.3 Å². The van der Waals surface area contributed by atoms with Gasteiger partial charge in [0.1, 0.15) is 10.7 Å². The Balaban J connectivity index is 1.96. The minimum atomic E-state index is -3.02. The molecule has 6 nitrogen and oxygen atoms in total. The first-order valence-electron chi connectivity index (χ1n) is 8.27. The zero-order valence-electron chi connectivity index (χ0n) is 15.1. The summed E-state index contributed by atoms with van der Waals surface area (Å²) in [6, 6.07) is -0.306. The van der Waals surface area contributed by atoms with Crippen LogP contribution in [-0.2, 0) is 15.3 Å². The molecule has 25 heavy (non-hydrogen) atoms. The molecule has 1 saturated heterocycles. The molecule has 0 radical (unpaired) electrons. The van der Waals surface area contributed by atoms with E-state index in [2.05, 4.69) is 36.1 Å². The van der Waals surface area contributed by atoms with Crippen molar-refractivity contribution in [3.8, 4) is 0 Å². The van der Waals surface area contributed by atoms with Gasteiger partial charge in [-0.05, 0) is 25.8 Å². The molecule has 1 atom stereocenters. The van der Waals surface area contributed by atoms with Crippen LogP contribution in [0.5, 0.6) is 0 Å². The predicted molar refractivity (Wildman–Crippen MR) is 100 cm³/mol. The molecule has 3 rings (SSSR count). The first-order valence-corrected chi connectivity index (χ1v) is 10.9. The number of thiophene rings is 1. The second-order valence-electron chi connectivity index (χ2n) is 7.69. The molecule has 0 aliphatic carbocycles. The third-order valence-electron chi connectivity index (χ3n) is 4.42. The minimum Gasteiger partial charge on any atom is -0.348 e. The van der Waals surface area contributed by atoms with Gasteiger partial charge in [0.25, 0.3) is 5.91 Å². The van der Waals surface area contributed by atoms with Crippen molar-refractivity contribution < 1.29 is 13.2 Å². The number of sulfone groups is 1. The smallest absolute Gasteiger partial charge is 0.261 e. The number of aromatic nitrogens is 2. The highest BCUT2D eigenvalue weighted by Gasteiger charge is 2.30. The van der Waals surface area contributed by atoms with Crippen LogP contribution in [0, 0.1) is 13.8 Å². The fraction of sp³-hybridized carbons (Fsp3) is 0.588. The first kappa shape index (κ1) is 18.3. The Labute approximate surface area is 152 Å². The molecular weight excluding hydrogens is 358 g/mol. The zero-order valence-corrected chi connectivity index (χ0v) is 16.8. The van der Waals surface area contributed by atoms with Crippen LogP contribution in [0.2, 0.25) is 0 Å². The lowest BCUT2D eigenvalue weighted by Gasteiger charge is -2.16. The van der Waals surface area contributed by atoms with Crippen molar-refractivity contribution in [2.45, 2.75) is 52.5 Å². The van der Waals surface area contributed by atoms with Crippen LogP contribution in [0.15, 0.2) is 0 Å². The second kappa shape index (κ2) is 6.02. The monoisotopic (exact) mass is 381 g/mol. The van der Waals surface area contributed by atoms with E-state index in [4.69, 9.17) is 0 Å². The highest BCUT2D eigenvalue weighted by Crippen LogP contribution is 2.33. The van der Waals surface area contributed by atoms with E-state index in [-0.39, 0.29) is 28.9 Å². The van der Waals surface area contributed by atoms with E-state index in [1.807, 2.05) is 13.8 Å². The van der Waals surface area contributed by atoms with Crippen LogP contribution in [-0.4, -0.2) is 41.8 Å². The summed E-state index contributed by atoms with van der Waals surface area (Å²) < 4.78 is 23.2. The van der Waals surface area contributed by atoms with E-state index in [9.17, 15) is 13.2 Å². The largest absolute Gasteiger partial charge is 0.348 e. The van der Waals surface area contributed by atoms with Gasteiger partial charge in [-0.1, -0.05) is 20.8 Å². The van der Waals surface area contributed by atoms with Gasteiger partial charge < -0.3 is 5.32 Å². The zero-order chi connectivity index (χ0) is 18.6. The molecule has 3 heterocycles. The number of nitrogens with one attached hydrogen (secondary N) is 1. The SMILES string of the molecule is Cc1nc(C(C)(C)C)nc2sc(C(=O)NC3CCS(=O)(=O)C3)c(C)c12. The number of carbonyl (C=O) groups is 1. The standard InChI is InChI=1S/C17H23N3O3S2/c1-9-12-10(2)18-16(17(3,4)5)20-15(12)24-13(9)14(21)19-11-6-7-25(22,23)8-11/h11H,6-8H2,1-5H3,(H,19,21). The Morgan fingerprint density at radius 3 is 2.48 bits per heavy atom. The van der Waals surface area contributed by atoms with Crippen LogP contribution in [0.4, 0.5) is 0 Å². The summed E-state index contributed by atoms with van der Waals surface area (Å²) in [7, 11) is -3.02. The van der Waals surface area contributed by atoms with Crippen LogP contribution in [0.3, 0.4) is 0 Å². The van der Waals surface area contributed by atoms with E-state index in [1.165, 1.54) is 11.3 Å². The van der Waals surface area contributed by atoms with Gasteiger partial charge in [-0.15, -0.1) is 11.3 Å². The lowest BCUT2D eigenvalue weighted by Crippen LogP contribution is -2.35. The lowest BCUT2D eigenvalue weighted by molar-refractivity contribution is 0.0945. The van der Waals surface area contributed by atoms with Crippen molar-refractivity contribution in [2.75, 3.05) is 11.5 Å². The third-order valence-corrected chi connectivity index (χ3v) is 7.37. The number of aryl methyl sites for hydroxylation is 2. The maximum absolute atomic E-state index is 12.7. The summed E-state index contributed by atoms with van der Waals surface area (Å²) in [5.41, 5.74) is 1.56. The Kier molecular flexibility index (Phi) is 4.39. The summed E-state index contributed by atoms with van der Waals surface area (Å²) in [5, 5.41) is 3.78. The molecule has 1 N–H and O–H groups in total. The number of amides is 1.